The predicted octanol–water partition coefficient (Wildman–Crippen LogP) is 4.12. The number of rotatable bonds is 10. The van der Waals surface area contributed by atoms with Gasteiger partial charge < -0.3 is 25.0 Å². The Morgan fingerprint density at radius 1 is 1.14 bits per heavy atom. The van der Waals surface area contributed by atoms with E-state index < -0.39 is 0 Å². The minimum atomic E-state index is -0.128. The summed E-state index contributed by atoms with van der Waals surface area (Å²) < 4.78 is 7.95. The molecule has 3 aromatic rings. The second-order valence-electron chi connectivity index (χ2n) is 9.28. The van der Waals surface area contributed by atoms with Crippen molar-refractivity contribution in [1.82, 2.24) is 19.4 Å². The Kier molecular flexibility index (Phi) is 9.13. The molecule has 0 atom stereocenters. The maximum atomic E-state index is 9.67. The number of fused-ring (bicyclic) bond motifs is 1. The molecule has 7 heteroatoms. The lowest BCUT2D eigenvalue weighted by Gasteiger charge is -2.29. The molecule has 4 rings (SSSR count). The van der Waals surface area contributed by atoms with E-state index in [2.05, 4.69) is 28.6 Å². The van der Waals surface area contributed by atoms with Gasteiger partial charge in [-0.2, -0.15) is 0 Å². The second-order valence-corrected chi connectivity index (χ2v) is 9.28. The van der Waals surface area contributed by atoms with Gasteiger partial charge in [0.2, 0.25) is 0 Å². The van der Waals surface area contributed by atoms with Gasteiger partial charge in [0, 0.05) is 32.1 Å². The summed E-state index contributed by atoms with van der Waals surface area (Å²) in [6.45, 7) is 6.00. The van der Waals surface area contributed by atoms with Crippen LogP contribution in [-0.2, 0) is 24.5 Å². The van der Waals surface area contributed by atoms with E-state index in [-0.39, 0.29) is 6.10 Å². The molecule has 0 unspecified atom stereocenters. The van der Waals surface area contributed by atoms with Crippen molar-refractivity contribution < 1.29 is 9.84 Å². The smallest absolute Gasteiger partial charge is 0.151 e. The lowest BCUT2D eigenvalue weighted by molar-refractivity contribution is 0.0668. The lowest BCUT2D eigenvalue weighted by atomic mass is 10.1. The maximum absolute atomic E-state index is 9.67. The quantitative estimate of drug-likeness (QED) is 0.339. The van der Waals surface area contributed by atoms with Crippen molar-refractivity contribution >= 4 is 16.9 Å². The van der Waals surface area contributed by atoms with E-state index >= 15 is 0 Å². The first-order valence-electron chi connectivity index (χ1n) is 12.8. The summed E-state index contributed by atoms with van der Waals surface area (Å²) in [5.74, 6) is 7.93. The number of hydrogen-bond acceptors (Lipinski definition) is 6. The standard InChI is InChI=1S/C28H37N5O2/c1-2-3-13-25-30-26-23(12-8-5-9-16-32-17-14-24(34)15-18-32)19-33(27(26)28(29)31-25)21-35-20-22-10-6-4-7-11-22/h4,6-7,10-11,19,24,34H,2-3,5,9,13-18,20-21H2,1H3,(H2,29,30,31). The number of ether oxygens (including phenoxy) is 1. The van der Waals surface area contributed by atoms with Crippen LogP contribution in [0, 0.1) is 11.8 Å². The summed E-state index contributed by atoms with van der Waals surface area (Å²) in [7, 11) is 0. The minimum Gasteiger partial charge on any atom is -0.393 e. The monoisotopic (exact) mass is 475 g/mol. The van der Waals surface area contributed by atoms with Crippen LogP contribution in [0.15, 0.2) is 36.5 Å². The van der Waals surface area contributed by atoms with E-state index in [1.807, 2.05) is 41.1 Å². The number of nitrogens with zero attached hydrogens (tertiary/aromatic N) is 4. The van der Waals surface area contributed by atoms with Crippen LogP contribution in [0.4, 0.5) is 5.82 Å². The summed E-state index contributed by atoms with van der Waals surface area (Å²) in [4.78, 5) is 11.8. The first-order valence-corrected chi connectivity index (χ1v) is 12.8. The lowest BCUT2D eigenvalue weighted by Crippen LogP contribution is -2.36. The Morgan fingerprint density at radius 3 is 2.71 bits per heavy atom. The second kappa shape index (κ2) is 12.7. The van der Waals surface area contributed by atoms with Crippen molar-refractivity contribution in [3.05, 3.63) is 53.5 Å². The first-order chi connectivity index (χ1) is 17.1. The number of hydrogen-bond donors (Lipinski definition) is 2. The van der Waals surface area contributed by atoms with E-state index in [1.54, 1.807) is 0 Å². The van der Waals surface area contributed by atoms with Gasteiger partial charge in [0.25, 0.3) is 0 Å². The molecular weight excluding hydrogens is 438 g/mol. The van der Waals surface area contributed by atoms with Crippen LogP contribution in [0.5, 0.6) is 0 Å². The molecule has 2 aromatic heterocycles. The molecule has 3 N–H and O–H groups in total. The molecule has 1 aromatic carbocycles. The number of unbranched alkanes of at least 4 members (excludes halogenated alkanes) is 2. The van der Waals surface area contributed by atoms with Crippen molar-refractivity contribution in [2.24, 2.45) is 0 Å². The van der Waals surface area contributed by atoms with Crippen molar-refractivity contribution in [2.45, 2.75) is 71.3 Å². The Balaban J connectivity index is 1.46. The number of likely N-dealkylation sites (tertiary alicyclic amines) is 1. The molecule has 1 fully saturated rings. The first kappa shape index (κ1) is 25.2. The largest absolute Gasteiger partial charge is 0.393 e. The number of aromatic nitrogens is 3. The van der Waals surface area contributed by atoms with Crippen LogP contribution in [0.3, 0.4) is 0 Å². The van der Waals surface area contributed by atoms with Crippen molar-refractivity contribution in [3.8, 4) is 11.8 Å². The Labute approximate surface area is 208 Å². The molecule has 1 aliphatic rings. The molecule has 1 aliphatic heterocycles. The van der Waals surface area contributed by atoms with E-state index in [9.17, 15) is 5.11 Å². The number of benzene rings is 1. The van der Waals surface area contributed by atoms with Crippen LogP contribution >= 0.6 is 0 Å². The zero-order chi connectivity index (χ0) is 24.5. The minimum absolute atomic E-state index is 0.128. The number of piperidine rings is 1. The molecular formula is C28H37N5O2. The van der Waals surface area contributed by atoms with E-state index in [0.717, 1.165) is 92.6 Å². The normalized spacial score (nSPS) is 14.8. The van der Waals surface area contributed by atoms with Gasteiger partial charge in [-0.15, -0.1) is 0 Å². The molecule has 186 valence electrons. The van der Waals surface area contributed by atoms with Gasteiger partial charge in [-0.05, 0) is 37.8 Å². The third kappa shape index (κ3) is 7.04. The summed E-state index contributed by atoms with van der Waals surface area (Å²) in [5.41, 5.74) is 9.99. The van der Waals surface area contributed by atoms with Crippen molar-refractivity contribution in [1.29, 1.82) is 0 Å². The Hall–Kier alpha value is -2.92. The van der Waals surface area contributed by atoms with Gasteiger partial charge in [-0.1, -0.05) is 55.5 Å². The zero-order valence-electron chi connectivity index (χ0n) is 20.7. The third-order valence-corrected chi connectivity index (χ3v) is 6.44. The van der Waals surface area contributed by atoms with Crippen molar-refractivity contribution in [2.75, 3.05) is 25.4 Å². The molecule has 7 nitrogen and oxygen atoms in total. The summed E-state index contributed by atoms with van der Waals surface area (Å²) in [5, 5.41) is 9.67. The predicted molar refractivity (Wildman–Crippen MR) is 140 cm³/mol. The van der Waals surface area contributed by atoms with E-state index in [0.29, 0.717) is 19.2 Å². The van der Waals surface area contributed by atoms with Gasteiger partial charge in [0.05, 0.1) is 18.3 Å². The van der Waals surface area contributed by atoms with Gasteiger partial charge in [0.1, 0.15) is 23.6 Å². The number of aliphatic hydroxyl groups excluding tert-OH is 1. The number of nitrogens with two attached hydrogens (primary N) is 1. The van der Waals surface area contributed by atoms with Gasteiger partial charge in [0.15, 0.2) is 5.82 Å². The number of aryl methyl sites for hydroxylation is 1. The number of aliphatic hydroxyl groups is 1. The summed E-state index contributed by atoms with van der Waals surface area (Å²) in [6.07, 6.45) is 8.36. The molecule has 1 saturated heterocycles. The van der Waals surface area contributed by atoms with E-state index in [4.69, 9.17) is 15.5 Å². The van der Waals surface area contributed by atoms with Crippen LogP contribution in [0.2, 0.25) is 0 Å². The SMILES string of the molecule is CCCCc1nc(N)c2c(n1)c(C#CCCCN1CCC(O)CC1)cn2COCc1ccccc1. The maximum Gasteiger partial charge on any atom is 0.151 e. The van der Waals surface area contributed by atoms with Crippen LogP contribution < -0.4 is 5.73 Å². The highest BCUT2D eigenvalue weighted by Crippen LogP contribution is 2.24. The molecule has 3 heterocycles. The highest BCUT2D eigenvalue weighted by Gasteiger charge is 2.16. The molecule has 0 saturated carbocycles. The summed E-state index contributed by atoms with van der Waals surface area (Å²) in [6, 6.07) is 10.1. The average molecular weight is 476 g/mol. The molecule has 0 radical (unpaired) electrons. The van der Waals surface area contributed by atoms with Gasteiger partial charge in [-0.3, -0.25) is 0 Å². The molecule has 0 bridgehead atoms. The molecule has 0 amide bonds. The van der Waals surface area contributed by atoms with Crippen molar-refractivity contribution in [3.63, 3.8) is 0 Å². The molecule has 0 aliphatic carbocycles. The van der Waals surface area contributed by atoms with Crippen LogP contribution in [0.25, 0.3) is 11.0 Å². The number of nitrogen functional groups attached to an aromatic ring is 1. The average Bonchev–Trinajstić information content (AvgIpc) is 3.22. The molecule has 35 heavy (non-hydrogen) atoms. The van der Waals surface area contributed by atoms with Gasteiger partial charge in [-0.25, -0.2) is 9.97 Å². The Bertz CT molecular complexity index is 1140. The Morgan fingerprint density at radius 2 is 1.94 bits per heavy atom. The zero-order valence-corrected chi connectivity index (χ0v) is 20.7. The van der Waals surface area contributed by atoms with E-state index in [1.165, 1.54) is 0 Å². The fraction of sp³-hybridized carbons (Fsp3) is 0.500. The summed E-state index contributed by atoms with van der Waals surface area (Å²) >= 11 is 0. The topological polar surface area (TPSA) is 89.4 Å². The third-order valence-electron chi connectivity index (χ3n) is 6.44. The highest BCUT2D eigenvalue weighted by atomic mass is 16.5. The fourth-order valence-electron chi connectivity index (χ4n) is 4.44. The fourth-order valence-corrected chi connectivity index (χ4v) is 4.44. The molecule has 0 spiro atoms. The number of anilines is 1. The van der Waals surface area contributed by atoms with Crippen LogP contribution in [-0.4, -0.2) is 50.3 Å². The highest BCUT2D eigenvalue weighted by molar-refractivity contribution is 5.90. The van der Waals surface area contributed by atoms with Gasteiger partial charge >= 0.3 is 0 Å². The van der Waals surface area contributed by atoms with Crippen LogP contribution in [0.1, 0.15) is 62.4 Å².